The second-order valence-corrected chi connectivity index (χ2v) is 6.45. The Bertz CT molecular complexity index is 1010. The highest BCUT2D eigenvalue weighted by Crippen LogP contribution is 2.32. The summed E-state index contributed by atoms with van der Waals surface area (Å²) in [6, 6.07) is 20.4. The third kappa shape index (κ3) is 5.49. The number of hydrazone groups is 1. The predicted octanol–water partition coefficient (Wildman–Crippen LogP) is 4.25. The Hall–Kier alpha value is -3.51. The Labute approximate surface area is 173 Å². The van der Waals surface area contributed by atoms with E-state index in [1.807, 2.05) is 42.5 Å². The predicted molar refractivity (Wildman–Crippen MR) is 113 cm³/mol. The van der Waals surface area contributed by atoms with Crippen molar-refractivity contribution in [1.29, 1.82) is 0 Å². The average Bonchev–Trinajstić information content (AvgIpc) is 2.75. The van der Waals surface area contributed by atoms with Crippen LogP contribution >= 0.6 is 11.6 Å². The van der Waals surface area contributed by atoms with Gasteiger partial charge >= 0.3 is 0 Å². The number of carbonyl (C=O) groups excluding carboxylic acids is 1. The van der Waals surface area contributed by atoms with Gasteiger partial charge in [-0.3, -0.25) is 4.79 Å². The van der Waals surface area contributed by atoms with Crippen LogP contribution in [-0.4, -0.2) is 30.9 Å². The zero-order valence-corrected chi connectivity index (χ0v) is 16.4. The first kappa shape index (κ1) is 20.2. The summed E-state index contributed by atoms with van der Waals surface area (Å²) in [4.78, 5) is 11.9. The molecule has 7 heteroatoms. The molecule has 0 bridgehead atoms. The van der Waals surface area contributed by atoms with Gasteiger partial charge in [-0.2, -0.15) is 5.10 Å². The lowest BCUT2D eigenvalue weighted by Gasteiger charge is -2.07. The summed E-state index contributed by atoms with van der Waals surface area (Å²) in [6.45, 7) is -0.202. The number of methoxy groups -OCH3 is 1. The van der Waals surface area contributed by atoms with Crippen LogP contribution in [0.3, 0.4) is 0 Å². The van der Waals surface area contributed by atoms with E-state index in [1.165, 1.54) is 25.5 Å². The summed E-state index contributed by atoms with van der Waals surface area (Å²) in [6.07, 6.45) is 1.27. The third-order valence-electron chi connectivity index (χ3n) is 4.01. The number of benzene rings is 3. The summed E-state index contributed by atoms with van der Waals surface area (Å²) < 4.78 is 10.5. The van der Waals surface area contributed by atoms with E-state index in [9.17, 15) is 9.90 Å². The number of hydrogen-bond donors (Lipinski definition) is 2. The van der Waals surface area contributed by atoms with Gasteiger partial charge in [-0.1, -0.05) is 54.1 Å². The van der Waals surface area contributed by atoms with Crippen molar-refractivity contribution in [2.45, 2.75) is 0 Å². The molecule has 148 valence electrons. The zero-order chi connectivity index (χ0) is 20.6. The van der Waals surface area contributed by atoms with Gasteiger partial charge in [0.15, 0.2) is 18.1 Å². The van der Waals surface area contributed by atoms with Gasteiger partial charge < -0.3 is 14.6 Å². The van der Waals surface area contributed by atoms with Gasteiger partial charge in [0, 0.05) is 16.7 Å². The number of amides is 1. The molecular weight excluding hydrogens is 392 g/mol. The van der Waals surface area contributed by atoms with Gasteiger partial charge in [0.2, 0.25) is 0 Å². The summed E-state index contributed by atoms with van der Waals surface area (Å²) >= 11 is 5.95. The van der Waals surface area contributed by atoms with Crippen LogP contribution in [0.25, 0.3) is 11.1 Å². The van der Waals surface area contributed by atoms with E-state index in [0.29, 0.717) is 16.3 Å². The molecule has 0 spiro atoms. The molecule has 3 aromatic carbocycles. The van der Waals surface area contributed by atoms with Crippen LogP contribution in [0.2, 0.25) is 5.02 Å². The fourth-order valence-electron chi connectivity index (χ4n) is 2.58. The Morgan fingerprint density at radius 2 is 1.79 bits per heavy atom. The smallest absolute Gasteiger partial charge is 0.277 e. The molecule has 0 saturated heterocycles. The number of nitrogens with zero attached hydrogens (tertiary/aromatic N) is 1. The minimum absolute atomic E-state index is 0.121. The minimum Gasteiger partial charge on any atom is -0.504 e. The van der Waals surface area contributed by atoms with Gasteiger partial charge in [0.25, 0.3) is 5.91 Å². The number of aromatic hydroxyl groups is 1. The Kier molecular flexibility index (Phi) is 6.71. The molecule has 0 saturated carbocycles. The number of rotatable bonds is 7. The van der Waals surface area contributed by atoms with Gasteiger partial charge in [-0.05, 0) is 29.3 Å². The van der Waals surface area contributed by atoms with Crippen molar-refractivity contribution in [3.05, 3.63) is 77.3 Å². The highest BCUT2D eigenvalue weighted by molar-refractivity contribution is 6.31. The van der Waals surface area contributed by atoms with E-state index in [0.717, 1.165) is 11.1 Å². The number of phenols is 1. The first-order valence-electron chi connectivity index (χ1n) is 8.73. The molecule has 6 nitrogen and oxygen atoms in total. The van der Waals surface area contributed by atoms with E-state index in [4.69, 9.17) is 21.1 Å². The highest BCUT2D eigenvalue weighted by atomic mass is 35.5. The maximum absolute atomic E-state index is 11.9. The lowest BCUT2D eigenvalue weighted by atomic mass is 10.1. The van der Waals surface area contributed by atoms with Crippen molar-refractivity contribution in [2.24, 2.45) is 5.10 Å². The second-order valence-electron chi connectivity index (χ2n) is 6.02. The molecule has 0 unspecified atom stereocenters. The van der Waals surface area contributed by atoms with Crippen LogP contribution in [0.5, 0.6) is 17.2 Å². The number of phenolic OH excluding ortho intramolecular Hbond substituents is 1. The molecule has 0 aliphatic rings. The molecule has 0 aromatic heterocycles. The maximum atomic E-state index is 11.9. The van der Waals surface area contributed by atoms with Gasteiger partial charge in [-0.15, -0.1) is 0 Å². The van der Waals surface area contributed by atoms with E-state index >= 15 is 0 Å². The van der Waals surface area contributed by atoms with E-state index in [1.54, 1.807) is 12.1 Å². The van der Waals surface area contributed by atoms with Crippen molar-refractivity contribution in [3.63, 3.8) is 0 Å². The largest absolute Gasteiger partial charge is 0.504 e. The molecule has 0 fully saturated rings. The third-order valence-corrected chi connectivity index (χ3v) is 4.23. The van der Waals surface area contributed by atoms with Crippen molar-refractivity contribution in [3.8, 4) is 28.4 Å². The molecular formula is C22H19ClN2O4. The van der Waals surface area contributed by atoms with Crippen LogP contribution in [0.15, 0.2) is 71.8 Å². The number of halogens is 1. The lowest BCUT2D eigenvalue weighted by Crippen LogP contribution is -2.24. The van der Waals surface area contributed by atoms with Crippen molar-refractivity contribution >= 4 is 23.7 Å². The maximum Gasteiger partial charge on any atom is 0.277 e. The average molecular weight is 411 g/mol. The Balaban J connectivity index is 1.53. The zero-order valence-electron chi connectivity index (χ0n) is 15.6. The lowest BCUT2D eigenvalue weighted by molar-refractivity contribution is -0.123. The van der Waals surface area contributed by atoms with E-state index < -0.39 is 5.91 Å². The number of ether oxygens (including phenoxy) is 2. The first-order valence-corrected chi connectivity index (χ1v) is 9.11. The highest BCUT2D eigenvalue weighted by Gasteiger charge is 2.08. The minimum atomic E-state index is -0.443. The monoisotopic (exact) mass is 410 g/mol. The molecule has 2 N–H and O–H groups in total. The molecule has 3 aromatic rings. The second kappa shape index (κ2) is 9.61. The fraction of sp³-hybridized carbons (Fsp3) is 0.0909. The SMILES string of the molecule is COc1cc(Cl)cc(C=NNC(=O)COc2ccc(-c3ccccc3)cc2)c1O. The molecule has 0 aliphatic heterocycles. The number of nitrogens with one attached hydrogen (secondary N) is 1. The molecule has 0 aliphatic carbocycles. The van der Waals surface area contributed by atoms with Crippen molar-refractivity contribution < 1.29 is 19.4 Å². The van der Waals surface area contributed by atoms with Crippen LogP contribution in [0.4, 0.5) is 0 Å². The fourth-order valence-corrected chi connectivity index (χ4v) is 2.79. The van der Waals surface area contributed by atoms with E-state index in [2.05, 4.69) is 10.5 Å². The summed E-state index contributed by atoms with van der Waals surface area (Å²) in [5.41, 5.74) is 4.81. The molecule has 29 heavy (non-hydrogen) atoms. The Morgan fingerprint density at radius 1 is 1.10 bits per heavy atom. The summed E-state index contributed by atoms with van der Waals surface area (Å²) in [7, 11) is 1.41. The quantitative estimate of drug-likeness (QED) is 0.450. The first-order chi connectivity index (χ1) is 14.1. The normalized spacial score (nSPS) is 10.7. The number of hydrogen-bond acceptors (Lipinski definition) is 5. The summed E-state index contributed by atoms with van der Waals surface area (Å²) in [5, 5.41) is 14.2. The van der Waals surface area contributed by atoms with Gasteiger partial charge in [-0.25, -0.2) is 5.43 Å². The van der Waals surface area contributed by atoms with Crippen molar-refractivity contribution in [2.75, 3.05) is 13.7 Å². The topological polar surface area (TPSA) is 80.2 Å². The van der Waals surface area contributed by atoms with E-state index in [-0.39, 0.29) is 18.1 Å². The molecule has 1 amide bonds. The summed E-state index contributed by atoms with van der Waals surface area (Å²) in [5.74, 6) is 0.222. The van der Waals surface area contributed by atoms with Crippen LogP contribution in [-0.2, 0) is 4.79 Å². The van der Waals surface area contributed by atoms with Crippen LogP contribution in [0.1, 0.15) is 5.56 Å². The van der Waals surface area contributed by atoms with Crippen molar-refractivity contribution in [1.82, 2.24) is 5.43 Å². The van der Waals surface area contributed by atoms with Gasteiger partial charge in [0.05, 0.1) is 13.3 Å². The Morgan fingerprint density at radius 3 is 2.48 bits per heavy atom. The van der Waals surface area contributed by atoms with Gasteiger partial charge in [0.1, 0.15) is 5.75 Å². The molecule has 0 atom stereocenters. The standard InChI is InChI=1S/C22H19ClN2O4/c1-28-20-12-18(23)11-17(22(20)27)13-24-25-21(26)14-29-19-9-7-16(8-10-19)15-5-3-2-4-6-15/h2-13,27H,14H2,1H3,(H,25,26). The molecule has 0 heterocycles. The number of carbonyl (C=O) groups is 1. The molecule has 3 rings (SSSR count). The van der Waals surface area contributed by atoms with Crippen LogP contribution in [0, 0.1) is 0 Å². The molecule has 0 radical (unpaired) electrons. The van der Waals surface area contributed by atoms with Crippen LogP contribution < -0.4 is 14.9 Å².